The van der Waals surface area contributed by atoms with Crippen molar-refractivity contribution >= 4 is 17.2 Å². The maximum atomic E-state index is 11.8. The van der Waals surface area contributed by atoms with Crippen LogP contribution in [-0.4, -0.2) is 18.2 Å². The molecule has 5 N–H and O–H groups in total. The van der Waals surface area contributed by atoms with Crippen molar-refractivity contribution in [3.05, 3.63) is 33.3 Å². The fraction of sp³-hybridized carbons (Fsp3) is 0.500. The fourth-order valence-corrected chi connectivity index (χ4v) is 3.69. The smallest absolute Gasteiger partial charge is 0.253 e. The minimum absolute atomic E-state index is 0.0462. The lowest BCUT2D eigenvalue weighted by atomic mass is 10.0. The van der Waals surface area contributed by atoms with Crippen molar-refractivity contribution in [3.8, 4) is 0 Å². The minimum Gasteiger partial charge on any atom is -0.368 e. The first-order valence-electron chi connectivity index (χ1n) is 7.00. The van der Waals surface area contributed by atoms with Gasteiger partial charge in [-0.05, 0) is 38.3 Å². The highest BCUT2D eigenvalue weighted by molar-refractivity contribution is 7.11. The summed E-state index contributed by atoms with van der Waals surface area (Å²) in [7, 11) is 0. The minimum atomic E-state index is -0.485. The van der Waals surface area contributed by atoms with Gasteiger partial charge in [0.1, 0.15) is 5.82 Å². The molecule has 0 spiro atoms. The first-order valence-corrected chi connectivity index (χ1v) is 7.81. The maximum Gasteiger partial charge on any atom is 0.253 e. The lowest BCUT2D eigenvalue weighted by molar-refractivity contribution is -0.119. The van der Waals surface area contributed by atoms with E-state index in [0.717, 1.165) is 37.1 Å². The van der Waals surface area contributed by atoms with Crippen LogP contribution in [0.25, 0.3) is 0 Å². The SMILES string of the molecule is Cc1ccc(CCC[C@@H]2CC3=C(N2)N[C@@H](N)NC3=O)s1. The lowest BCUT2D eigenvalue weighted by Gasteiger charge is -2.23. The molecular weight excluding hydrogens is 272 g/mol. The zero-order valence-corrected chi connectivity index (χ0v) is 12.3. The zero-order valence-electron chi connectivity index (χ0n) is 11.5. The second kappa shape index (κ2) is 5.46. The Bertz CT molecular complexity index is 551. The molecule has 2 aliphatic heterocycles. The molecule has 1 aromatic rings. The number of aryl methyl sites for hydroxylation is 2. The van der Waals surface area contributed by atoms with Crippen LogP contribution in [0.1, 0.15) is 29.0 Å². The van der Waals surface area contributed by atoms with Crippen molar-refractivity contribution in [3.63, 3.8) is 0 Å². The predicted molar refractivity (Wildman–Crippen MR) is 79.8 cm³/mol. The third kappa shape index (κ3) is 2.81. The van der Waals surface area contributed by atoms with Gasteiger partial charge in [-0.15, -0.1) is 11.3 Å². The zero-order chi connectivity index (χ0) is 14.1. The van der Waals surface area contributed by atoms with Crippen molar-refractivity contribution in [2.45, 2.75) is 44.9 Å². The number of rotatable bonds is 4. The van der Waals surface area contributed by atoms with Gasteiger partial charge in [-0.25, -0.2) is 0 Å². The Hall–Kier alpha value is -1.53. The topological polar surface area (TPSA) is 79.2 Å². The van der Waals surface area contributed by atoms with E-state index in [9.17, 15) is 4.79 Å². The molecule has 0 unspecified atom stereocenters. The van der Waals surface area contributed by atoms with Gasteiger partial charge in [0.05, 0.1) is 5.57 Å². The van der Waals surface area contributed by atoms with E-state index < -0.39 is 6.29 Å². The first kappa shape index (κ1) is 13.5. The summed E-state index contributed by atoms with van der Waals surface area (Å²) in [5.74, 6) is 0.772. The average molecular weight is 292 g/mol. The van der Waals surface area contributed by atoms with Crippen LogP contribution in [0.4, 0.5) is 0 Å². The van der Waals surface area contributed by atoms with Crippen molar-refractivity contribution < 1.29 is 4.79 Å². The molecule has 20 heavy (non-hydrogen) atoms. The summed E-state index contributed by atoms with van der Waals surface area (Å²) in [6.45, 7) is 2.14. The van der Waals surface area contributed by atoms with Gasteiger partial charge >= 0.3 is 0 Å². The van der Waals surface area contributed by atoms with Crippen molar-refractivity contribution in [1.29, 1.82) is 0 Å². The molecule has 3 heterocycles. The van der Waals surface area contributed by atoms with Crippen LogP contribution in [0.2, 0.25) is 0 Å². The second-order valence-corrected chi connectivity index (χ2v) is 6.77. The lowest BCUT2D eigenvalue weighted by Crippen LogP contribution is -2.56. The largest absolute Gasteiger partial charge is 0.368 e. The van der Waals surface area contributed by atoms with E-state index in [2.05, 4.69) is 35.0 Å². The molecule has 6 heteroatoms. The predicted octanol–water partition coefficient (Wildman–Crippen LogP) is 0.914. The molecule has 1 amide bonds. The van der Waals surface area contributed by atoms with Crippen LogP contribution in [0.15, 0.2) is 23.5 Å². The third-order valence-corrected chi connectivity index (χ3v) is 4.79. The van der Waals surface area contributed by atoms with Crippen molar-refractivity contribution in [2.75, 3.05) is 0 Å². The summed E-state index contributed by atoms with van der Waals surface area (Å²) < 4.78 is 0. The van der Waals surface area contributed by atoms with Gasteiger partial charge in [-0.2, -0.15) is 0 Å². The number of nitrogens with two attached hydrogens (primary N) is 1. The number of hydrogen-bond donors (Lipinski definition) is 4. The summed E-state index contributed by atoms with van der Waals surface area (Å²) >= 11 is 1.87. The van der Waals surface area contributed by atoms with Crippen molar-refractivity contribution in [2.24, 2.45) is 5.73 Å². The Kier molecular flexibility index (Phi) is 3.67. The Morgan fingerprint density at radius 1 is 1.35 bits per heavy atom. The van der Waals surface area contributed by atoms with E-state index in [1.165, 1.54) is 9.75 Å². The summed E-state index contributed by atoms with van der Waals surface area (Å²) in [5.41, 5.74) is 6.50. The highest BCUT2D eigenvalue weighted by Gasteiger charge is 2.32. The van der Waals surface area contributed by atoms with Gasteiger partial charge in [0.25, 0.3) is 5.91 Å². The van der Waals surface area contributed by atoms with Gasteiger partial charge in [-0.1, -0.05) is 0 Å². The van der Waals surface area contributed by atoms with Crippen LogP contribution in [0, 0.1) is 6.92 Å². The molecule has 3 rings (SSSR count). The highest BCUT2D eigenvalue weighted by Crippen LogP contribution is 2.24. The summed E-state index contributed by atoms with van der Waals surface area (Å²) in [4.78, 5) is 14.6. The van der Waals surface area contributed by atoms with Gasteiger partial charge in [0.2, 0.25) is 0 Å². The normalized spacial score (nSPS) is 25.0. The Labute approximate surface area is 122 Å². The summed E-state index contributed by atoms with van der Waals surface area (Å²) in [6, 6.07) is 4.72. The van der Waals surface area contributed by atoms with E-state index in [0.29, 0.717) is 6.04 Å². The standard InChI is InChI=1S/C14H20N4OS/c1-8-5-6-10(20-8)4-2-3-9-7-11-12(16-9)17-14(15)18-13(11)19/h5-6,9,14,16-17H,2-4,7,15H2,1H3,(H,18,19)/t9-,14-/m1/s1. The van der Waals surface area contributed by atoms with E-state index >= 15 is 0 Å². The monoisotopic (exact) mass is 292 g/mol. The molecule has 0 aliphatic carbocycles. The number of hydrogen-bond acceptors (Lipinski definition) is 5. The number of thiophene rings is 1. The second-order valence-electron chi connectivity index (χ2n) is 5.40. The van der Waals surface area contributed by atoms with Crippen LogP contribution in [0.5, 0.6) is 0 Å². The molecule has 2 aliphatic rings. The molecule has 0 saturated carbocycles. The van der Waals surface area contributed by atoms with Gasteiger partial charge in [0.15, 0.2) is 6.29 Å². The van der Waals surface area contributed by atoms with Crippen LogP contribution in [0.3, 0.4) is 0 Å². The number of carbonyl (C=O) groups is 1. The van der Waals surface area contributed by atoms with E-state index in [4.69, 9.17) is 5.73 Å². The molecule has 0 radical (unpaired) electrons. The molecule has 2 atom stereocenters. The molecule has 0 saturated heterocycles. The fourth-order valence-electron chi connectivity index (χ4n) is 2.76. The number of amides is 1. The summed E-state index contributed by atoms with van der Waals surface area (Å²) in [5, 5.41) is 9.13. The van der Waals surface area contributed by atoms with Crippen molar-refractivity contribution in [1.82, 2.24) is 16.0 Å². The van der Waals surface area contributed by atoms with E-state index in [1.807, 2.05) is 11.3 Å². The molecular formula is C14H20N4OS. The van der Waals surface area contributed by atoms with Crippen LogP contribution in [-0.2, 0) is 11.2 Å². The first-order chi connectivity index (χ1) is 9.61. The molecule has 1 aromatic heterocycles. The van der Waals surface area contributed by atoms with E-state index in [-0.39, 0.29) is 5.91 Å². The van der Waals surface area contributed by atoms with Crippen LogP contribution < -0.4 is 21.7 Å². The molecule has 0 fully saturated rings. The molecule has 0 bridgehead atoms. The number of carbonyl (C=O) groups excluding carboxylic acids is 1. The Balaban J connectivity index is 1.49. The maximum absolute atomic E-state index is 11.8. The quantitative estimate of drug-likeness (QED) is 0.665. The van der Waals surface area contributed by atoms with Gasteiger partial charge in [-0.3, -0.25) is 10.5 Å². The average Bonchev–Trinajstić information content (AvgIpc) is 2.96. The number of nitrogens with one attached hydrogen (secondary N) is 3. The third-order valence-electron chi connectivity index (χ3n) is 3.73. The Morgan fingerprint density at radius 3 is 2.95 bits per heavy atom. The molecule has 5 nitrogen and oxygen atoms in total. The van der Waals surface area contributed by atoms with E-state index in [1.54, 1.807) is 0 Å². The van der Waals surface area contributed by atoms with Gasteiger partial charge < -0.3 is 16.0 Å². The molecule has 0 aromatic carbocycles. The van der Waals surface area contributed by atoms with Crippen LogP contribution >= 0.6 is 11.3 Å². The summed E-state index contributed by atoms with van der Waals surface area (Å²) in [6.07, 6.45) is 3.60. The van der Waals surface area contributed by atoms with Gasteiger partial charge in [0, 0.05) is 22.2 Å². The Morgan fingerprint density at radius 2 is 2.20 bits per heavy atom. The highest BCUT2D eigenvalue weighted by atomic mass is 32.1. The molecule has 108 valence electrons.